The van der Waals surface area contributed by atoms with Crippen molar-refractivity contribution in [2.24, 2.45) is 0 Å². The Kier molecular flexibility index (Phi) is 4.56. The number of benzene rings is 1. The van der Waals surface area contributed by atoms with E-state index in [1.54, 1.807) is 0 Å². The average molecular weight is 230 g/mol. The predicted molar refractivity (Wildman–Crippen MR) is 77.7 cm³/mol. The molecule has 0 saturated heterocycles. The van der Waals surface area contributed by atoms with Crippen LogP contribution in [-0.4, -0.2) is 0 Å². The van der Waals surface area contributed by atoms with E-state index in [0.29, 0.717) is 5.92 Å². The van der Waals surface area contributed by atoms with Gasteiger partial charge in [0.05, 0.1) is 0 Å². The molecule has 1 unspecified atom stereocenters. The molecule has 0 amide bonds. The summed E-state index contributed by atoms with van der Waals surface area (Å²) < 4.78 is 0. The van der Waals surface area contributed by atoms with Crippen molar-refractivity contribution in [2.75, 3.05) is 0 Å². The van der Waals surface area contributed by atoms with Gasteiger partial charge >= 0.3 is 0 Å². The van der Waals surface area contributed by atoms with E-state index in [0.717, 1.165) is 6.42 Å². The molecule has 0 nitrogen and oxygen atoms in total. The second-order valence-corrected chi connectivity index (χ2v) is 5.95. The molecule has 17 heavy (non-hydrogen) atoms. The Morgan fingerprint density at radius 1 is 1.29 bits per heavy atom. The summed E-state index contributed by atoms with van der Waals surface area (Å²) in [5, 5.41) is 0. The molecule has 1 rings (SSSR count). The van der Waals surface area contributed by atoms with Crippen LogP contribution in [0.2, 0.25) is 0 Å². The monoisotopic (exact) mass is 230 g/mol. The van der Waals surface area contributed by atoms with E-state index in [1.807, 2.05) is 6.08 Å². The highest BCUT2D eigenvalue weighted by Gasteiger charge is 2.17. The zero-order valence-corrected chi connectivity index (χ0v) is 12.0. The van der Waals surface area contributed by atoms with Crippen LogP contribution in [0.5, 0.6) is 0 Å². The first-order valence-electron chi connectivity index (χ1n) is 6.62. The Morgan fingerprint density at radius 3 is 2.41 bits per heavy atom. The standard InChI is InChI=1S/C17H26/c1-7-9-14(8-2)16-12-15(17(4,5)6)11-10-13(16)3/h7,10-12,14H,1,8-9H2,2-6H3. The second kappa shape index (κ2) is 5.53. The summed E-state index contributed by atoms with van der Waals surface area (Å²) in [5.74, 6) is 0.620. The fourth-order valence-corrected chi connectivity index (χ4v) is 2.26. The molecule has 0 bridgehead atoms. The largest absolute Gasteiger partial charge is 0.103 e. The normalized spacial score (nSPS) is 13.5. The van der Waals surface area contributed by atoms with Gasteiger partial charge in [-0.1, -0.05) is 52.0 Å². The summed E-state index contributed by atoms with van der Waals surface area (Å²) in [6, 6.07) is 6.92. The minimum Gasteiger partial charge on any atom is -0.103 e. The fourth-order valence-electron chi connectivity index (χ4n) is 2.26. The molecule has 0 radical (unpaired) electrons. The molecule has 0 spiro atoms. The Labute approximate surface area is 107 Å². The number of hydrogen-bond donors (Lipinski definition) is 0. The van der Waals surface area contributed by atoms with Gasteiger partial charge in [-0.3, -0.25) is 0 Å². The smallest absolute Gasteiger partial charge is 0.0127 e. The summed E-state index contributed by atoms with van der Waals surface area (Å²) in [5.41, 5.74) is 4.57. The predicted octanol–water partition coefficient (Wildman–Crippen LogP) is 5.36. The lowest BCUT2D eigenvalue weighted by atomic mass is 9.82. The number of rotatable bonds is 4. The van der Waals surface area contributed by atoms with Crippen molar-refractivity contribution >= 4 is 0 Å². The SMILES string of the molecule is C=CCC(CC)c1cc(C(C)(C)C)ccc1C. The third-order valence-corrected chi connectivity index (χ3v) is 3.53. The van der Waals surface area contributed by atoms with Crippen molar-refractivity contribution in [3.63, 3.8) is 0 Å². The molecule has 0 aromatic heterocycles. The van der Waals surface area contributed by atoms with E-state index in [9.17, 15) is 0 Å². The summed E-state index contributed by atoms with van der Waals surface area (Å²) >= 11 is 0. The zero-order chi connectivity index (χ0) is 13.1. The molecule has 0 N–H and O–H groups in total. The zero-order valence-electron chi connectivity index (χ0n) is 12.0. The maximum absolute atomic E-state index is 3.87. The van der Waals surface area contributed by atoms with E-state index in [-0.39, 0.29) is 5.41 Å². The summed E-state index contributed by atoms with van der Waals surface area (Å²) in [6.45, 7) is 15.2. The Hall–Kier alpha value is -1.04. The van der Waals surface area contributed by atoms with Crippen molar-refractivity contribution < 1.29 is 0 Å². The molecule has 0 heteroatoms. The molecular weight excluding hydrogens is 204 g/mol. The van der Waals surface area contributed by atoms with E-state index < -0.39 is 0 Å². The van der Waals surface area contributed by atoms with Crippen LogP contribution in [0.3, 0.4) is 0 Å². The lowest BCUT2D eigenvalue weighted by molar-refractivity contribution is 0.585. The van der Waals surface area contributed by atoms with E-state index >= 15 is 0 Å². The first kappa shape index (κ1) is 14.0. The van der Waals surface area contributed by atoms with E-state index in [2.05, 4.69) is 59.4 Å². The second-order valence-electron chi connectivity index (χ2n) is 5.95. The molecule has 1 atom stereocenters. The number of allylic oxidation sites excluding steroid dienone is 1. The Bertz CT molecular complexity index is 380. The van der Waals surface area contributed by atoms with Gasteiger partial charge in [0.1, 0.15) is 0 Å². The minimum absolute atomic E-state index is 0.231. The van der Waals surface area contributed by atoms with E-state index in [4.69, 9.17) is 0 Å². The third-order valence-electron chi connectivity index (χ3n) is 3.53. The summed E-state index contributed by atoms with van der Waals surface area (Å²) in [6.07, 6.45) is 4.29. The van der Waals surface area contributed by atoms with Crippen molar-refractivity contribution in [1.29, 1.82) is 0 Å². The van der Waals surface area contributed by atoms with Gasteiger partial charge in [0.15, 0.2) is 0 Å². The maximum atomic E-state index is 3.87. The van der Waals surface area contributed by atoms with Crippen molar-refractivity contribution in [1.82, 2.24) is 0 Å². The quantitative estimate of drug-likeness (QED) is 0.611. The van der Waals surface area contributed by atoms with Crippen LogP contribution in [0, 0.1) is 6.92 Å². The Morgan fingerprint density at radius 2 is 1.94 bits per heavy atom. The molecule has 0 aliphatic heterocycles. The molecule has 94 valence electrons. The van der Waals surface area contributed by atoms with Gasteiger partial charge in [0.2, 0.25) is 0 Å². The lowest BCUT2D eigenvalue weighted by Gasteiger charge is -2.23. The van der Waals surface area contributed by atoms with Crippen molar-refractivity contribution in [2.45, 2.75) is 58.8 Å². The van der Waals surface area contributed by atoms with Gasteiger partial charge in [0, 0.05) is 0 Å². The molecule has 0 fully saturated rings. The molecular formula is C17H26. The lowest BCUT2D eigenvalue weighted by Crippen LogP contribution is -2.12. The van der Waals surface area contributed by atoms with Gasteiger partial charge in [0.25, 0.3) is 0 Å². The first-order valence-corrected chi connectivity index (χ1v) is 6.62. The van der Waals surface area contributed by atoms with Crippen LogP contribution in [0.4, 0.5) is 0 Å². The average Bonchev–Trinajstić information content (AvgIpc) is 2.25. The topological polar surface area (TPSA) is 0 Å². The summed E-state index contributed by atoms with van der Waals surface area (Å²) in [4.78, 5) is 0. The number of aryl methyl sites for hydroxylation is 1. The van der Waals surface area contributed by atoms with Gasteiger partial charge in [-0.2, -0.15) is 0 Å². The van der Waals surface area contributed by atoms with Gasteiger partial charge in [-0.15, -0.1) is 6.58 Å². The highest BCUT2D eigenvalue weighted by atomic mass is 14.2. The maximum Gasteiger partial charge on any atom is -0.0127 e. The number of hydrogen-bond acceptors (Lipinski definition) is 0. The van der Waals surface area contributed by atoms with E-state index in [1.165, 1.54) is 23.1 Å². The van der Waals surface area contributed by atoms with Crippen LogP contribution in [0.25, 0.3) is 0 Å². The van der Waals surface area contributed by atoms with Crippen LogP contribution >= 0.6 is 0 Å². The molecule has 0 aliphatic rings. The van der Waals surface area contributed by atoms with Gasteiger partial charge in [-0.05, 0) is 47.8 Å². The Balaban J connectivity index is 3.17. The van der Waals surface area contributed by atoms with Crippen molar-refractivity contribution in [3.05, 3.63) is 47.5 Å². The van der Waals surface area contributed by atoms with Crippen LogP contribution in [0.15, 0.2) is 30.9 Å². The molecule has 0 saturated carbocycles. The molecule has 0 heterocycles. The fraction of sp³-hybridized carbons (Fsp3) is 0.529. The van der Waals surface area contributed by atoms with Crippen LogP contribution < -0.4 is 0 Å². The minimum atomic E-state index is 0.231. The molecule has 1 aromatic carbocycles. The summed E-state index contributed by atoms with van der Waals surface area (Å²) in [7, 11) is 0. The third kappa shape index (κ3) is 3.46. The molecule has 0 aliphatic carbocycles. The van der Waals surface area contributed by atoms with Gasteiger partial charge in [-0.25, -0.2) is 0 Å². The highest BCUT2D eigenvalue weighted by Crippen LogP contribution is 2.31. The van der Waals surface area contributed by atoms with Crippen LogP contribution in [0.1, 0.15) is 63.1 Å². The first-order chi connectivity index (χ1) is 7.90. The highest BCUT2D eigenvalue weighted by molar-refractivity contribution is 5.37. The van der Waals surface area contributed by atoms with Gasteiger partial charge < -0.3 is 0 Å². The van der Waals surface area contributed by atoms with Crippen molar-refractivity contribution in [3.8, 4) is 0 Å². The molecule has 1 aromatic rings. The van der Waals surface area contributed by atoms with Crippen LogP contribution in [-0.2, 0) is 5.41 Å².